The highest BCUT2D eigenvalue weighted by molar-refractivity contribution is 7.17. The maximum Gasteiger partial charge on any atom is 0.263 e. The Bertz CT molecular complexity index is 1210. The van der Waals surface area contributed by atoms with Crippen molar-refractivity contribution in [3.63, 3.8) is 0 Å². The topological polar surface area (TPSA) is 52.0 Å². The molecule has 2 aromatic carbocycles. The van der Waals surface area contributed by atoms with Gasteiger partial charge >= 0.3 is 0 Å². The van der Waals surface area contributed by atoms with Crippen LogP contribution in [-0.2, 0) is 6.54 Å². The van der Waals surface area contributed by atoms with Crippen molar-refractivity contribution in [2.75, 3.05) is 0 Å². The Labute approximate surface area is 160 Å². The number of fused-ring (bicyclic) bond motifs is 1. The number of nitrogens with zero attached hydrogens (tertiary/aromatic N) is 2. The second-order valence-electron chi connectivity index (χ2n) is 6.61. The zero-order valence-electron chi connectivity index (χ0n) is 15.1. The van der Waals surface area contributed by atoms with Gasteiger partial charge < -0.3 is 0 Å². The van der Waals surface area contributed by atoms with E-state index in [4.69, 9.17) is 0 Å². The summed E-state index contributed by atoms with van der Waals surface area (Å²) in [7, 11) is 0. The molecule has 27 heavy (non-hydrogen) atoms. The van der Waals surface area contributed by atoms with Gasteiger partial charge in [0.15, 0.2) is 5.78 Å². The molecular formula is C22H18N2O2S. The van der Waals surface area contributed by atoms with Crippen LogP contribution in [0.2, 0.25) is 0 Å². The molecule has 4 aromatic rings. The van der Waals surface area contributed by atoms with Crippen LogP contribution in [0.4, 0.5) is 0 Å². The predicted octanol–water partition coefficient (Wildman–Crippen LogP) is 4.62. The lowest BCUT2D eigenvalue weighted by Gasteiger charge is -2.08. The van der Waals surface area contributed by atoms with Crippen molar-refractivity contribution >= 4 is 27.3 Å². The van der Waals surface area contributed by atoms with Crippen molar-refractivity contribution in [3.8, 4) is 11.1 Å². The van der Waals surface area contributed by atoms with Crippen LogP contribution in [0.5, 0.6) is 0 Å². The molecule has 0 radical (unpaired) electrons. The molecule has 2 heterocycles. The summed E-state index contributed by atoms with van der Waals surface area (Å²) in [6.07, 6.45) is 1.47. The van der Waals surface area contributed by atoms with Gasteiger partial charge in [-0.1, -0.05) is 54.1 Å². The number of Topliss-reactive ketones (excluding diaryl/α,β-unsaturated/α-hetero) is 1. The minimum Gasteiger partial charge on any atom is -0.292 e. The van der Waals surface area contributed by atoms with E-state index in [0.717, 1.165) is 22.3 Å². The highest BCUT2D eigenvalue weighted by atomic mass is 32.1. The quantitative estimate of drug-likeness (QED) is 0.490. The lowest BCUT2D eigenvalue weighted by atomic mass is 10.0. The first-order valence-electron chi connectivity index (χ1n) is 8.67. The summed E-state index contributed by atoms with van der Waals surface area (Å²) in [5, 5.41) is 2.52. The maximum atomic E-state index is 13.1. The molecule has 0 aliphatic carbocycles. The Hall–Kier alpha value is -3.05. The average molecular weight is 374 g/mol. The predicted molar refractivity (Wildman–Crippen MR) is 110 cm³/mol. The smallest absolute Gasteiger partial charge is 0.263 e. The van der Waals surface area contributed by atoms with Crippen molar-refractivity contribution in [2.24, 2.45) is 0 Å². The van der Waals surface area contributed by atoms with E-state index >= 15 is 0 Å². The van der Waals surface area contributed by atoms with Crippen molar-refractivity contribution in [1.82, 2.24) is 9.55 Å². The van der Waals surface area contributed by atoms with Gasteiger partial charge in [-0.3, -0.25) is 14.2 Å². The lowest BCUT2D eigenvalue weighted by molar-refractivity contribution is 0.0970. The number of benzene rings is 2. The minimum absolute atomic E-state index is 0.0181. The van der Waals surface area contributed by atoms with Crippen LogP contribution in [0.3, 0.4) is 0 Å². The SMILES string of the molecule is Cc1ccc(C(=O)Cn2cnc3scc(-c4ccccc4)c3c2=O)c(C)c1. The molecule has 0 saturated heterocycles. The van der Waals surface area contributed by atoms with Crippen molar-refractivity contribution in [3.05, 3.63) is 87.3 Å². The summed E-state index contributed by atoms with van der Waals surface area (Å²) in [4.78, 5) is 30.9. The summed E-state index contributed by atoms with van der Waals surface area (Å²) in [6.45, 7) is 3.89. The third-order valence-corrected chi connectivity index (χ3v) is 5.53. The van der Waals surface area contributed by atoms with E-state index in [1.165, 1.54) is 22.2 Å². The van der Waals surface area contributed by atoms with Gasteiger partial charge in [-0.25, -0.2) is 4.98 Å². The molecular weight excluding hydrogens is 356 g/mol. The first-order valence-corrected chi connectivity index (χ1v) is 9.55. The number of carbonyl (C=O) groups is 1. The standard InChI is InChI=1S/C22H18N2O2S/c1-14-8-9-17(15(2)10-14)19(25)11-24-13-23-21-20(22(24)26)18(12-27-21)16-6-4-3-5-7-16/h3-10,12-13H,11H2,1-2H3. The number of thiophene rings is 1. The van der Waals surface area contributed by atoms with E-state index in [1.54, 1.807) is 0 Å². The Kier molecular flexibility index (Phi) is 4.46. The Balaban J connectivity index is 1.76. The Morgan fingerprint density at radius 2 is 1.89 bits per heavy atom. The van der Waals surface area contributed by atoms with Gasteiger partial charge in [0.2, 0.25) is 0 Å². The molecule has 0 atom stereocenters. The van der Waals surface area contributed by atoms with Crippen LogP contribution >= 0.6 is 11.3 Å². The Morgan fingerprint density at radius 1 is 1.11 bits per heavy atom. The first-order chi connectivity index (χ1) is 13.0. The first kappa shape index (κ1) is 17.4. The molecule has 0 unspecified atom stereocenters. The summed E-state index contributed by atoms with van der Waals surface area (Å²) in [5.74, 6) is -0.0905. The largest absolute Gasteiger partial charge is 0.292 e. The third kappa shape index (κ3) is 3.22. The van der Waals surface area contributed by atoms with Crippen LogP contribution in [0.25, 0.3) is 21.3 Å². The van der Waals surface area contributed by atoms with Gasteiger partial charge in [0, 0.05) is 16.5 Å². The second-order valence-corrected chi connectivity index (χ2v) is 7.47. The van der Waals surface area contributed by atoms with E-state index in [0.29, 0.717) is 15.8 Å². The van der Waals surface area contributed by atoms with E-state index < -0.39 is 0 Å². The summed E-state index contributed by atoms with van der Waals surface area (Å²) < 4.78 is 1.41. The molecule has 5 heteroatoms. The maximum absolute atomic E-state index is 13.1. The molecule has 0 aliphatic rings. The van der Waals surface area contributed by atoms with Crippen molar-refractivity contribution in [1.29, 1.82) is 0 Å². The fourth-order valence-electron chi connectivity index (χ4n) is 3.28. The number of aromatic nitrogens is 2. The Morgan fingerprint density at radius 3 is 2.63 bits per heavy atom. The minimum atomic E-state index is -0.182. The molecule has 0 bridgehead atoms. The highest BCUT2D eigenvalue weighted by Gasteiger charge is 2.16. The average Bonchev–Trinajstić information content (AvgIpc) is 3.09. The molecule has 0 saturated carbocycles. The number of aryl methyl sites for hydroxylation is 2. The van der Waals surface area contributed by atoms with Gasteiger partial charge in [-0.2, -0.15) is 0 Å². The lowest BCUT2D eigenvalue weighted by Crippen LogP contribution is -2.24. The van der Waals surface area contributed by atoms with Gasteiger partial charge in [0.25, 0.3) is 5.56 Å². The van der Waals surface area contributed by atoms with E-state index in [9.17, 15) is 9.59 Å². The van der Waals surface area contributed by atoms with Crippen LogP contribution in [0, 0.1) is 13.8 Å². The monoisotopic (exact) mass is 374 g/mol. The highest BCUT2D eigenvalue weighted by Crippen LogP contribution is 2.30. The second kappa shape index (κ2) is 6.93. The zero-order chi connectivity index (χ0) is 19.0. The molecule has 0 spiro atoms. The van der Waals surface area contributed by atoms with Gasteiger partial charge in [-0.15, -0.1) is 11.3 Å². The van der Waals surface area contributed by atoms with E-state index in [-0.39, 0.29) is 17.9 Å². The number of carbonyl (C=O) groups excluding carboxylic acids is 1. The summed E-state index contributed by atoms with van der Waals surface area (Å²) >= 11 is 1.44. The van der Waals surface area contributed by atoms with E-state index in [2.05, 4.69) is 4.98 Å². The van der Waals surface area contributed by atoms with Crippen LogP contribution in [0.15, 0.2) is 65.0 Å². The normalized spacial score (nSPS) is 11.0. The molecule has 4 nitrogen and oxygen atoms in total. The van der Waals surface area contributed by atoms with Crippen molar-refractivity contribution < 1.29 is 4.79 Å². The number of hydrogen-bond acceptors (Lipinski definition) is 4. The third-order valence-electron chi connectivity index (χ3n) is 4.64. The fraction of sp³-hybridized carbons (Fsp3) is 0.136. The molecule has 4 rings (SSSR count). The summed E-state index contributed by atoms with van der Waals surface area (Å²) in [5.41, 5.74) is 4.32. The molecule has 0 aliphatic heterocycles. The molecule has 0 N–H and O–H groups in total. The molecule has 0 fully saturated rings. The number of rotatable bonds is 4. The van der Waals surface area contributed by atoms with Crippen LogP contribution in [0.1, 0.15) is 21.5 Å². The van der Waals surface area contributed by atoms with Crippen LogP contribution < -0.4 is 5.56 Å². The zero-order valence-corrected chi connectivity index (χ0v) is 15.9. The van der Waals surface area contributed by atoms with Crippen LogP contribution in [-0.4, -0.2) is 15.3 Å². The fourth-order valence-corrected chi connectivity index (χ4v) is 4.18. The molecule has 0 amide bonds. The van der Waals surface area contributed by atoms with Gasteiger partial charge in [0.1, 0.15) is 4.83 Å². The van der Waals surface area contributed by atoms with E-state index in [1.807, 2.05) is 67.8 Å². The summed E-state index contributed by atoms with van der Waals surface area (Å²) in [6, 6.07) is 15.5. The van der Waals surface area contributed by atoms with Gasteiger partial charge in [0.05, 0.1) is 18.3 Å². The number of ketones is 1. The molecule has 2 aromatic heterocycles. The van der Waals surface area contributed by atoms with Gasteiger partial charge in [-0.05, 0) is 25.0 Å². The number of hydrogen-bond donors (Lipinski definition) is 0. The van der Waals surface area contributed by atoms with Crippen molar-refractivity contribution in [2.45, 2.75) is 20.4 Å². The molecule has 134 valence electrons.